The highest BCUT2D eigenvalue weighted by atomic mass is 15.3. The monoisotopic (exact) mass is 128 g/mol. The van der Waals surface area contributed by atoms with E-state index in [1.54, 1.807) is 0 Å². The topological polar surface area (TPSA) is 34.0 Å². The largest absolute Gasteiger partial charge is 0.300 e. The van der Waals surface area contributed by atoms with E-state index in [0.29, 0.717) is 11.6 Å². The van der Waals surface area contributed by atoms with Crippen molar-refractivity contribution in [3.8, 4) is 0 Å². The lowest BCUT2D eigenvalue weighted by Crippen LogP contribution is -2.30. The van der Waals surface area contributed by atoms with E-state index in [0.717, 1.165) is 13.1 Å². The Labute approximate surface area is 57.0 Å². The van der Waals surface area contributed by atoms with Crippen molar-refractivity contribution in [3.63, 3.8) is 0 Å². The highest BCUT2D eigenvalue weighted by Gasteiger charge is 2.21. The van der Waals surface area contributed by atoms with Gasteiger partial charge >= 0.3 is 0 Å². The van der Waals surface area contributed by atoms with Gasteiger partial charge in [-0.1, -0.05) is 20.8 Å². The molecule has 1 fully saturated rings. The fraction of sp³-hybridized carbons (Fsp3) is 1.00. The Hall–Kier alpha value is -0.0800. The van der Waals surface area contributed by atoms with Gasteiger partial charge in [0.15, 0.2) is 0 Å². The van der Waals surface area contributed by atoms with Crippen LogP contribution in [-0.4, -0.2) is 19.3 Å². The van der Waals surface area contributed by atoms with E-state index in [-0.39, 0.29) is 0 Å². The van der Waals surface area contributed by atoms with Crippen LogP contribution in [0.1, 0.15) is 20.8 Å². The molecule has 9 heavy (non-hydrogen) atoms. The third-order valence-electron chi connectivity index (χ3n) is 1.29. The predicted octanol–water partition coefficient (Wildman–Crippen LogP) is 0.551. The summed E-state index contributed by atoms with van der Waals surface area (Å²) >= 11 is 0. The summed E-state index contributed by atoms with van der Waals surface area (Å²) < 4.78 is 0. The molecule has 2 N–H and O–H groups in total. The second-order valence-electron chi connectivity index (χ2n) is 3.90. The van der Waals surface area contributed by atoms with Gasteiger partial charge in [-0.2, -0.15) is 0 Å². The van der Waals surface area contributed by atoms with E-state index in [9.17, 15) is 0 Å². The lowest BCUT2D eigenvalue weighted by atomic mass is 9.97. The maximum absolute atomic E-state index is 3.39. The van der Waals surface area contributed by atoms with Crippen LogP contribution in [0.25, 0.3) is 0 Å². The molecule has 1 saturated heterocycles. The van der Waals surface area contributed by atoms with Gasteiger partial charge in [0.25, 0.3) is 0 Å². The number of nitrogens with one attached hydrogen (secondary N) is 2. The SMILES string of the molecule is CC(C)(C)CNC1CN1. The number of rotatable bonds is 2. The molecule has 0 saturated carbocycles. The van der Waals surface area contributed by atoms with Gasteiger partial charge in [-0.25, -0.2) is 0 Å². The number of hydrogen-bond acceptors (Lipinski definition) is 2. The lowest BCUT2D eigenvalue weighted by molar-refractivity contribution is 0.377. The first kappa shape index (κ1) is 7.03. The zero-order valence-corrected chi connectivity index (χ0v) is 6.49. The van der Waals surface area contributed by atoms with Gasteiger partial charge < -0.3 is 5.32 Å². The molecular weight excluding hydrogens is 112 g/mol. The highest BCUT2D eigenvalue weighted by molar-refractivity contribution is 4.82. The maximum Gasteiger partial charge on any atom is 0.0702 e. The summed E-state index contributed by atoms with van der Waals surface area (Å²) in [6.45, 7) is 8.97. The van der Waals surface area contributed by atoms with E-state index in [2.05, 4.69) is 31.4 Å². The fourth-order valence-electron chi connectivity index (χ4n) is 0.633. The summed E-state index contributed by atoms with van der Waals surface area (Å²) in [4.78, 5) is 0. The minimum atomic E-state index is 0.421. The predicted molar refractivity (Wildman–Crippen MR) is 39.2 cm³/mol. The third-order valence-corrected chi connectivity index (χ3v) is 1.29. The molecule has 0 aromatic rings. The van der Waals surface area contributed by atoms with Gasteiger partial charge in [-0.05, 0) is 5.41 Å². The third kappa shape index (κ3) is 3.49. The quantitative estimate of drug-likeness (QED) is 0.533. The van der Waals surface area contributed by atoms with Crippen LogP contribution in [0, 0.1) is 5.41 Å². The van der Waals surface area contributed by atoms with Crippen LogP contribution in [-0.2, 0) is 0 Å². The van der Waals surface area contributed by atoms with Crippen LogP contribution in [0.3, 0.4) is 0 Å². The Morgan fingerprint density at radius 1 is 1.56 bits per heavy atom. The van der Waals surface area contributed by atoms with E-state index in [4.69, 9.17) is 0 Å². The van der Waals surface area contributed by atoms with Gasteiger partial charge in [-0.15, -0.1) is 0 Å². The van der Waals surface area contributed by atoms with Crippen LogP contribution >= 0.6 is 0 Å². The zero-order chi connectivity index (χ0) is 6.91. The van der Waals surface area contributed by atoms with Crippen molar-refractivity contribution in [1.29, 1.82) is 0 Å². The molecule has 0 amide bonds. The summed E-state index contributed by atoms with van der Waals surface area (Å²) in [5.41, 5.74) is 0.421. The molecule has 0 bridgehead atoms. The summed E-state index contributed by atoms with van der Waals surface area (Å²) in [5, 5.41) is 6.58. The Morgan fingerprint density at radius 2 is 2.11 bits per heavy atom. The molecule has 0 aromatic carbocycles. The molecule has 1 atom stereocenters. The molecule has 0 aliphatic carbocycles. The molecule has 1 rings (SSSR count). The first-order valence-electron chi connectivity index (χ1n) is 3.55. The molecule has 1 heterocycles. The molecule has 2 heteroatoms. The minimum absolute atomic E-state index is 0.421. The van der Waals surface area contributed by atoms with Gasteiger partial charge in [0.1, 0.15) is 0 Å². The Balaban J connectivity index is 2.03. The van der Waals surface area contributed by atoms with Crippen LogP contribution < -0.4 is 10.6 Å². The van der Waals surface area contributed by atoms with Crippen molar-refractivity contribution in [2.24, 2.45) is 5.41 Å². The van der Waals surface area contributed by atoms with Crippen molar-refractivity contribution in [2.75, 3.05) is 13.1 Å². The summed E-state index contributed by atoms with van der Waals surface area (Å²) in [7, 11) is 0. The average Bonchev–Trinajstić information content (AvgIpc) is 2.38. The molecule has 1 aliphatic heterocycles. The van der Waals surface area contributed by atoms with Crippen molar-refractivity contribution in [3.05, 3.63) is 0 Å². The van der Waals surface area contributed by atoms with E-state index in [1.165, 1.54) is 0 Å². The maximum atomic E-state index is 3.39. The van der Waals surface area contributed by atoms with Crippen molar-refractivity contribution >= 4 is 0 Å². The van der Waals surface area contributed by atoms with Crippen molar-refractivity contribution in [2.45, 2.75) is 26.9 Å². The molecular formula is C7H16N2. The Morgan fingerprint density at radius 3 is 2.44 bits per heavy atom. The van der Waals surface area contributed by atoms with Crippen molar-refractivity contribution in [1.82, 2.24) is 10.6 Å². The lowest BCUT2D eigenvalue weighted by Gasteiger charge is -2.17. The van der Waals surface area contributed by atoms with E-state index in [1.807, 2.05) is 0 Å². The van der Waals surface area contributed by atoms with Crippen LogP contribution in [0.5, 0.6) is 0 Å². The summed E-state index contributed by atoms with van der Waals surface area (Å²) in [6.07, 6.45) is 0.615. The standard InChI is InChI=1S/C7H16N2/c1-7(2,3)5-9-6-4-8-6/h6,8-9H,4-5H2,1-3H3. The zero-order valence-electron chi connectivity index (χ0n) is 6.49. The second-order valence-corrected chi connectivity index (χ2v) is 3.90. The van der Waals surface area contributed by atoms with Crippen LogP contribution in [0.2, 0.25) is 0 Å². The van der Waals surface area contributed by atoms with Crippen LogP contribution in [0.15, 0.2) is 0 Å². The van der Waals surface area contributed by atoms with Crippen LogP contribution in [0.4, 0.5) is 0 Å². The van der Waals surface area contributed by atoms with Gasteiger partial charge in [-0.3, -0.25) is 5.32 Å². The summed E-state index contributed by atoms with van der Waals surface area (Å²) in [5.74, 6) is 0. The van der Waals surface area contributed by atoms with E-state index < -0.39 is 0 Å². The van der Waals surface area contributed by atoms with Gasteiger partial charge in [0.2, 0.25) is 0 Å². The Bertz CT molecular complexity index is 89.6. The molecule has 0 aromatic heterocycles. The fourth-order valence-corrected chi connectivity index (χ4v) is 0.633. The van der Waals surface area contributed by atoms with Gasteiger partial charge in [0.05, 0.1) is 6.17 Å². The van der Waals surface area contributed by atoms with Crippen molar-refractivity contribution < 1.29 is 0 Å². The molecule has 1 unspecified atom stereocenters. The first-order chi connectivity index (χ1) is 4.08. The average molecular weight is 128 g/mol. The highest BCUT2D eigenvalue weighted by Crippen LogP contribution is 2.11. The smallest absolute Gasteiger partial charge is 0.0702 e. The first-order valence-corrected chi connectivity index (χ1v) is 3.55. The second kappa shape index (κ2) is 2.27. The normalized spacial score (nSPS) is 26.3. The molecule has 54 valence electrons. The summed E-state index contributed by atoms with van der Waals surface area (Å²) in [6, 6.07) is 0. The van der Waals surface area contributed by atoms with E-state index >= 15 is 0 Å². The molecule has 0 spiro atoms. The molecule has 1 aliphatic rings. The molecule has 0 radical (unpaired) electrons. The molecule has 2 nitrogen and oxygen atoms in total. The number of hydrogen-bond donors (Lipinski definition) is 2. The van der Waals surface area contributed by atoms with Gasteiger partial charge in [0, 0.05) is 13.1 Å². The minimum Gasteiger partial charge on any atom is -0.300 e. The Kier molecular flexibility index (Phi) is 1.78.